The molecule has 2 aromatic carbocycles. The fourth-order valence-corrected chi connectivity index (χ4v) is 3.44. The molecule has 0 aliphatic rings. The molecule has 1 N–H and O–H groups in total. The zero-order valence-corrected chi connectivity index (χ0v) is 15.1. The molecule has 0 saturated carbocycles. The number of hydrazone groups is 1. The Balaban J connectivity index is 1.52. The molecule has 0 radical (unpaired) electrons. The van der Waals surface area contributed by atoms with Gasteiger partial charge >= 0.3 is 0 Å². The maximum atomic E-state index is 11.0. The highest BCUT2D eigenvalue weighted by molar-refractivity contribution is 7.22. The van der Waals surface area contributed by atoms with Gasteiger partial charge in [0.1, 0.15) is 11.5 Å². The van der Waals surface area contributed by atoms with Gasteiger partial charge in [-0.3, -0.25) is 15.5 Å². The van der Waals surface area contributed by atoms with Crippen LogP contribution in [0.1, 0.15) is 11.3 Å². The van der Waals surface area contributed by atoms with Crippen LogP contribution < -0.4 is 5.43 Å². The molecule has 7 nitrogen and oxygen atoms in total. The number of nitrogens with zero attached hydrogens (tertiary/aromatic N) is 3. The van der Waals surface area contributed by atoms with E-state index >= 15 is 0 Å². The minimum absolute atomic E-state index is 0.0275. The van der Waals surface area contributed by atoms with Gasteiger partial charge in [-0.25, -0.2) is 4.98 Å². The molecular weight excluding hydrogens is 364 g/mol. The molecule has 0 atom stereocenters. The Kier molecular flexibility index (Phi) is 4.39. The number of hydrogen-bond donors (Lipinski definition) is 1. The van der Waals surface area contributed by atoms with E-state index in [9.17, 15) is 10.1 Å². The van der Waals surface area contributed by atoms with Crippen LogP contribution in [0, 0.1) is 17.0 Å². The van der Waals surface area contributed by atoms with E-state index in [4.69, 9.17) is 4.42 Å². The molecule has 4 aromatic rings. The third-order valence-electron chi connectivity index (χ3n) is 3.97. The number of furan rings is 1. The van der Waals surface area contributed by atoms with Crippen molar-refractivity contribution in [3.8, 4) is 11.3 Å². The molecule has 2 aromatic heterocycles. The molecule has 2 heterocycles. The van der Waals surface area contributed by atoms with Crippen molar-refractivity contribution in [3.63, 3.8) is 0 Å². The predicted octanol–water partition coefficient (Wildman–Crippen LogP) is 5.22. The fourth-order valence-electron chi connectivity index (χ4n) is 2.63. The molecule has 0 fully saturated rings. The van der Waals surface area contributed by atoms with Crippen LogP contribution in [0.25, 0.3) is 21.5 Å². The van der Waals surface area contributed by atoms with Crippen molar-refractivity contribution < 1.29 is 9.34 Å². The van der Waals surface area contributed by atoms with Crippen LogP contribution in [0.3, 0.4) is 0 Å². The molecule has 27 heavy (non-hydrogen) atoms. The molecule has 0 amide bonds. The maximum Gasteiger partial charge on any atom is 0.270 e. The first-order chi connectivity index (χ1) is 13.1. The van der Waals surface area contributed by atoms with Crippen LogP contribution in [-0.4, -0.2) is 16.1 Å². The first-order valence-corrected chi connectivity index (χ1v) is 8.92. The number of thiazole rings is 1. The first kappa shape index (κ1) is 16.9. The normalized spacial score (nSPS) is 11.3. The van der Waals surface area contributed by atoms with E-state index in [-0.39, 0.29) is 5.69 Å². The third-order valence-corrected chi connectivity index (χ3v) is 4.91. The average Bonchev–Trinajstić information content (AvgIpc) is 3.28. The summed E-state index contributed by atoms with van der Waals surface area (Å²) in [7, 11) is 0. The highest BCUT2D eigenvalue weighted by Crippen LogP contribution is 2.29. The second-order valence-corrected chi connectivity index (χ2v) is 6.85. The van der Waals surface area contributed by atoms with Gasteiger partial charge in [0.25, 0.3) is 5.69 Å². The summed E-state index contributed by atoms with van der Waals surface area (Å²) in [5.74, 6) is 1.09. The molecule has 0 saturated heterocycles. The Hall–Kier alpha value is -3.52. The Morgan fingerprint density at radius 1 is 1.22 bits per heavy atom. The van der Waals surface area contributed by atoms with Gasteiger partial charge in [0.15, 0.2) is 0 Å². The molecule has 4 rings (SSSR count). The summed E-state index contributed by atoms with van der Waals surface area (Å²) >= 11 is 1.51. The SMILES string of the molecule is Cc1ccc([N+](=O)[O-])cc1-c1ccc(/C=N/Nc2nc3ccccc3s2)o1. The Bertz CT molecular complexity index is 1130. The number of aryl methyl sites for hydroxylation is 1. The van der Waals surface area contributed by atoms with Crippen molar-refractivity contribution in [2.45, 2.75) is 6.92 Å². The summed E-state index contributed by atoms with van der Waals surface area (Å²) in [6.45, 7) is 1.88. The van der Waals surface area contributed by atoms with E-state index in [0.717, 1.165) is 15.8 Å². The number of para-hydroxylation sites is 1. The van der Waals surface area contributed by atoms with Gasteiger partial charge in [-0.2, -0.15) is 5.10 Å². The smallest absolute Gasteiger partial charge is 0.270 e. The third kappa shape index (κ3) is 3.56. The quantitative estimate of drug-likeness (QED) is 0.292. The van der Waals surface area contributed by atoms with Gasteiger partial charge in [0.05, 0.1) is 21.4 Å². The van der Waals surface area contributed by atoms with E-state index in [1.807, 2.05) is 31.2 Å². The molecule has 0 aliphatic carbocycles. The van der Waals surface area contributed by atoms with Crippen LogP contribution in [0.4, 0.5) is 10.8 Å². The zero-order valence-electron chi connectivity index (χ0n) is 14.2. The van der Waals surface area contributed by atoms with Gasteiger partial charge in [-0.05, 0) is 36.8 Å². The van der Waals surface area contributed by atoms with E-state index < -0.39 is 4.92 Å². The standard InChI is InChI=1S/C19H14N4O3S/c1-12-6-7-13(23(24)25)10-15(12)17-9-8-14(26-17)11-20-22-19-21-16-4-2-3-5-18(16)27-19/h2-11H,1H3,(H,21,22)/b20-11+. The van der Waals surface area contributed by atoms with Crippen LogP contribution in [0.5, 0.6) is 0 Å². The highest BCUT2D eigenvalue weighted by Gasteiger charge is 2.13. The number of aromatic nitrogens is 1. The largest absolute Gasteiger partial charge is 0.455 e. The number of nitro benzene ring substituents is 1. The van der Waals surface area contributed by atoms with E-state index in [1.54, 1.807) is 24.4 Å². The fraction of sp³-hybridized carbons (Fsp3) is 0.0526. The summed E-state index contributed by atoms with van der Waals surface area (Å²) in [6, 6.07) is 16.1. The lowest BCUT2D eigenvalue weighted by atomic mass is 10.1. The van der Waals surface area contributed by atoms with Crippen molar-refractivity contribution >= 4 is 38.6 Å². The second-order valence-electron chi connectivity index (χ2n) is 5.82. The lowest BCUT2D eigenvalue weighted by Crippen LogP contribution is -1.90. The number of nitrogens with one attached hydrogen (secondary N) is 1. The summed E-state index contributed by atoms with van der Waals surface area (Å²) in [6.07, 6.45) is 1.54. The Morgan fingerprint density at radius 2 is 2.07 bits per heavy atom. The number of fused-ring (bicyclic) bond motifs is 1. The molecule has 0 spiro atoms. The van der Waals surface area contributed by atoms with Gasteiger partial charge in [-0.15, -0.1) is 0 Å². The van der Waals surface area contributed by atoms with E-state index in [1.165, 1.54) is 23.5 Å². The van der Waals surface area contributed by atoms with Gasteiger partial charge in [-0.1, -0.05) is 29.5 Å². The molecule has 8 heteroatoms. The monoisotopic (exact) mass is 378 g/mol. The molecule has 0 bridgehead atoms. The van der Waals surface area contributed by atoms with Crippen molar-refractivity contribution in [2.75, 3.05) is 5.43 Å². The number of anilines is 1. The summed E-state index contributed by atoms with van der Waals surface area (Å²) in [4.78, 5) is 15.0. The second kappa shape index (κ2) is 7.00. The van der Waals surface area contributed by atoms with Crippen LogP contribution in [-0.2, 0) is 0 Å². The number of non-ortho nitro benzene ring substituents is 1. The highest BCUT2D eigenvalue weighted by atomic mass is 32.1. The summed E-state index contributed by atoms with van der Waals surface area (Å²) in [5, 5.41) is 15.8. The molecule has 134 valence electrons. The minimum Gasteiger partial charge on any atom is -0.455 e. The average molecular weight is 378 g/mol. The van der Waals surface area contributed by atoms with E-state index in [0.29, 0.717) is 22.2 Å². The van der Waals surface area contributed by atoms with Gasteiger partial charge < -0.3 is 4.42 Å². The van der Waals surface area contributed by atoms with Crippen molar-refractivity contribution in [1.82, 2.24) is 4.98 Å². The molecular formula is C19H14N4O3S. The summed E-state index contributed by atoms with van der Waals surface area (Å²) < 4.78 is 6.83. The minimum atomic E-state index is -0.420. The number of rotatable bonds is 5. The lowest BCUT2D eigenvalue weighted by molar-refractivity contribution is -0.384. The molecule has 0 unspecified atom stereocenters. The topological polar surface area (TPSA) is 93.6 Å². The van der Waals surface area contributed by atoms with Crippen molar-refractivity contribution in [1.29, 1.82) is 0 Å². The van der Waals surface area contributed by atoms with Crippen molar-refractivity contribution in [3.05, 3.63) is 76.0 Å². The lowest BCUT2D eigenvalue weighted by Gasteiger charge is -2.02. The van der Waals surface area contributed by atoms with Crippen LogP contribution >= 0.6 is 11.3 Å². The number of benzene rings is 2. The maximum absolute atomic E-state index is 11.0. The van der Waals surface area contributed by atoms with Crippen molar-refractivity contribution in [2.24, 2.45) is 5.10 Å². The number of hydrogen-bond acceptors (Lipinski definition) is 7. The zero-order chi connectivity index (χ0) is 18.8. The Morgan fingerprint density at radius 3 is 2.89 bits per heavy atom. The predicted molar refractivity (Wildman–Crippen MR) is 106 cm³/mol. The first-order valence-electron chi connectivity index (χ1n) is 8.10. The Labute approximate surface area is 158 Å². The molecule has 0 aliphatic heterocycles. The summed E-state index contributed by atoms with van der Waals surface area (Å²) in [5.41, 5.74) is 5.42. The van der Waals surface area contributed by atoms with Gasteiger partial charge in [0.2, 0.25) is 5.13 Å². The van der Waals surface area contributed by atoms with Crippen LogP contribution in [0.2, 0.25) is 0 Å². The van der Waals surface area contributed by atoms with E-state index in [2.05, 4.69) is 15.5 Å². The van der Waals surface area contributed by atoms with Gasteiger partial charge in [0, 0.05) is 17.7 Å². The van der Waals surface area contributed by atoms with Crippen LogP contribution in [0.15, 0.2) is 64.1 Å². The number of nitro groups is 1.